The van der Waals surface area contributed by atoms with Crippen molar-refractivity contribution in [1.82, 2.24) is 0 Å². The maximum atomic E-state index is 12.2. The maximum absolute atomic E-state index is 12.2. The first-order chi connectivity index (χ1) is 3.48. The smallest absolute Gasteiger partial charge is 0.206 e. The molecule has 0 aliphatic rings. The van der Waals surface area contributed by atoms with Crippen LogP contribution in [-0.2, 0) is 0 Å². The van der Waals surface area contributed by atoms with Crippen molar-refractivity contribution in [1.29, 1.82) is 0 Å². The summed E-state index contributed by atoms with van der Waals surface area (Å²) >= 11 is 15.2. The van der Waals surface area contributed by atoms with E-state index in [9.17, 15) is 4.39 Å². The van der Waals surface area contributed by atoms with Crippen LogP contribution in [0.15, 0.2) is 0 Å². The van der Waals surface area contributed by atoms with Crippen molar-refractivity contribution in [3.05, 3.63) is 0 Å². The predicted molar refractivity (Wildman–Crippen MR) is 35.5 cm³/mol. The Balaban J connectivity index is 3.62. The van der Waals surface area contributed by atoms with Gasteiger partial charge in [0.25, 0.3) is 4.59 Å². The molecule has 0 aromatic heterocycles. The normalized spacial score (nSPS) is 16.1. The molecule has 0 aromatic rings. The molecular weight excluding hydrogens is 173 g/mol. The van der Waals surface area contributed by atoms with Gasteiger partial charge in [-0.15, -0.1) is 11.6 Å². The lowest BCUT2D eigenvalue weighted by molar-refractivity contribution is 0.373. The number of rotatable bonds is 2. The molecule has 8 heavy (non-hydrogen) atoms. The predicted octanol–water partition coefficient (Wildman–Crippen LogP) is 3.10. The molecule has 4 heteroatoms. The average Bonchev–Trinajstić information content (AvgIpc) is 1.62. The highest BCUT2D eigenvalue weighted by Gasteiger charge is 2.31. The lowest BCUT2D eigenvalue weighted by atomic mass is 10.3. The molecule has 0 spiro atoms. The Bertz CT molecular complexity index is 68.2. The third-order valence-electron chi connectivity index (χ3n) is 0.714. The Morgan fingerprint density at radius 3 is 2.00 bits per heavy atom. The summed E-state index contributed by atoms with van der Waals surface area (Å²) in [7, 11) is 0. The summed E-state index contributed by atoms with van der Waals surface area (Å²) in [6, 6.07) is 0. The van der Waals surface area contributed by atoms with Gasteiger partial charge in [-0.3, -0.25) is 0 Å². The molecule has 0 aliphatic carbocycles. The molecular formula is C4H6Cl3F. The second kappa shape index (κ2) is 3.09. The van der Waals surface area contributed by atoms with Gasteiger partial charge in [-0.1, -0.05) is 30.1 Å². The Hall–Kier alpha value is 0.800. The molecule has 0 aliphatic heterocycles. The van der Waals surface area contributed by atoms with E-state index in [2.05, 4.69) is 0 Å². The van der Waals surface area contributed by atoms with Crippen LogP contribution in [0, 0.1) is 0 Å². The minimum Gasteiger partial charge on any atom is -0.206 e. The third kappa shape index (κ3) is 2.95. The first-order valence-corrected chi connectivity index (χ1v) is 3.38. The summed E-state index contributed by atoms with van der Waals surface area (Å²) in [6.45, 7) is 1.71. The Labute approximate surface area is 62.9 Å². The van der Waals surface area contributed by atoms with Crippen LogP contribution >= 0.6 is 34.8 Å². The van der Waals surface area contributed by atoms with Crippen LogP contribution in [0.3, 0.4) is 0 Å². The first kappa shape index (κ1) is 8.80. The van der Waals surface area contributed by atoms with Crippen LogP contribution in [-0.4, -0.2) is 9.96 Å². The fourth-order valence-electron chi connectivity index (χ4n) is 0.231. The number of hydrogen-bond acceptors (Lipinski definition) is 0. The van der Waals surface area contributed by atoms with E-state index in [1.165, 1.54) is 0 Å². The van der Waals surface area contributed by atoms with Gasteiger partial charge in [0.2, 0.25) is 0 Å². The zero-order valence-corrected chi connectivity index (χ0v) is 6.56. The van der Waals surface area contributed by atoms with E-state index in [0.29, 0.717) is 6.42 Å². The quantitative estimate of drug-likeness (QED) is 0.572. The molecule has 0 radical (unpaired) electrons. The summed E-state index contributed by atoms with van der Waals surface area (Å²) in [5.74, 6) is 0. The SMILES string of the molecule is CCC(Cl)C(F)(Cl)Cl. The molecule has 1 unspecified atom stereocenters. The van der Waals surface area contributed by atoms with Crippen LogP contribution in [0.1, 0.15) is 13.3 Å². The molecule has 0 bridgehead atoms. The van der Waals surface area contributed by atoms with Crippen molar-refractivity contribution >= 4 is 34.8 Å². The molecule has 0 saturated heterocycles. The molecule has 0 rings (SSSR count). The van der Waals surface area contributed by atoms with E-state index in [1.807, 2.05) is 0 Å². The largest absolute Gasteiger partial charge is 0.273 e. The fraction of sp³-hybridized carbons (Fsp3) is 1.00. The monoisotopic (exact) mass is 178 g/mol. The highest BCUT2D eigenvalue weighted by Crippen LogP contribution is 2.32. The van der Waals surface area contributed by atoms with Crippen LogP contribution in [0.2, 0.25) is 0 Å². The van der Waals surface area contributed by atoms with Gasteiger partial charge in [0.05, 0.1) is 5.38 Å². The Morgan fingerprint density at radius 2 is 2.00 bits per heavy atom. The summed E-state index contributed by atoms with van der Waals surface area (Å²) < 4.78 is 9.90. The minimum atomic E-state index is -2.28. The van der Waals surface area contributed by atoms with E-state index in [-0.39, 0.29) is 0 Å². The topological polar surface area (TPSA) is 0 Å². The van der Waals surface area contributed by atoms with Crippen molar-refractivity contribution in [3.8, 4) is 0 Å². The summed E-state index contributed by atoms with van der Waals surface area (Å²) in [5, 5.41) is -0.814. The van der Waals surface area contributed by atoms with E-state index in [1.54, 1.807) is 6.92 Å². The molecule has 0 heterocycles. The van der Waals surface area contributed by atoms with Crippen molar-refractivity contribution in [3.63, 3.8) is 0 Å². The van der Waals surface area contributed by atoms with E-state index >= 15 is 0 Å². The minimum absolute atomic E-state index is 0.422. The molecule has 0 fully saturated rings. The van der Waals surface area contributed by atoms with Crippen LogP contribution in [0.25, 0.3) is 0 Å². The zero-order chi connectivity index (χ0) is 6.78. The average molecular weight is 179 g/mol. The van der Waals surface area contributed by atoms with Gasteiger partial charge in [0.1, 0.15) is 0 Å². The number of alkyl halides is 4. The first-order valence-electron chi connectivity index (χ1n) is 2.19. The molecule has 0 amide bonds. The fourth-order valence-corrected chi connectivity index (χ4v) is 0.540. The lowest BCUT2D eigenvalue weighted by Crippen LogP contribution is -2.19. The maximum Gasteiger partial charge on any atom is 0.273 e. The number of hydrogen-bond donors (Lipinski definition) is 0. The number of halogens is 4. The highest BCUT2D eigenvalue weighted by atomic mass is 35.5. The molecule has 0 aromatic carbocycles. The Kier molecular flexibility index (Phi) is 3.40. The van der Waals surface area contributed by atoms with Gasteiger partial charge < -0.3 is 0 Å². The third-order valence-corrected chi connectivity index (χ3v) is 2.07. The standard InChI is InChI=1S/C4H6Cl3F/c1-2-3(5)4(6,7)8/h3H,2H2,1H3. The van der Waals surface area contributed by atoms with Crippen molar-refractivity contribution in [2.45, 2.75) is 23.3 Å². The molecule has 0 saturated carbocycles. The van der Waals surface area contributed by atoms with Crippen molar-refractivity contribution in [2.75, 3.05) is 0 Å². The van der Waals surface area contributed by atoms with Crippen LogP contribution < -0.4 is 0 Å². The summed E-state index contributed by atoms with van der Waals surface area (Å²) in [5.41, 5.74) is 0. The lowest BCUT2D eigenvalue weighted by Gasteiger charge is -2.12. The highest BCUT2D eigenvalue weighted by molar-refractivity contribution is 6.51. The van der Waals surface area contributed by atoms with Gasteiger partial charge >= 0.3 is 0 Å². The van der Waals surface area contributed by atoms with Crippen LogP contribution in [0.5, 0.6) is 0 Å². The van der Waals surface area contributed by atoms with Gasteiger partial charge in [-0.05, 0) is 6.42 Å². The zero-order valence-electron chi connectivity index (χ0n) is 4.30. The van der Waals surface area contributed by atoms with E-state index in [0.717, 1.165) is 0 Å². The van der Waals surface area contributed by atoms with Gasteiger partial charge in [0, 0.05) is 0 Å². The molecule has 0 N–H and O–H groups in total. The molecule has 1 atom stereocenters. The van der Waals surface area contributed by atoms with Crippen LogP contribution in [0.4, 0.5) is 4.39 Å². The second-order valence-corrected chi connectivity index (χ2v) is 3.24. The van der Waals surface area contributed by atoms with Gasteiger partial charge in [-0.2, -0.15) is 0 Å². The molecule has 50 valence electrons. The van der Waals surface area contributed by atoms with Gasteiger partial charge in [0.15, 0.2) is 0 Å². The van der Waals surface area contributed by atoms with Crippen molar-refractivity contribution < 1.29 is 4.39 Å². The Morgan fingerprint density at radius 1 is 1.62 bits per heavy atom. The van der Waals surface area contributed by atoms with Crippen molar-refractivity contribution in [2.24, 2.45) is 0 Å². The molecule has 0 nitrogen and oxygen atoms in total. The summed E-state index contributed by atoms with van der Waals surface area (Å²) in [6.07, 6.45) is 0.422. The van der Waals surface area contributed by atoms with Gasteiger partial charge in [-0.25, -0.2) is 4.39 Å². The van der Waals surface area contributed by atoms with E-state index < -0.39 is 9.96 Å². The summed E-state index contributed by atoms with van der Waals surface area (Å²) in [4.78, 5) is 0. The second-order valence-electron chi connectivity index (χ2n) is 1.42. The van der Waals surface area contributed by atoms with E-state index in [4.69, 9.17) is 34.8 Å².